The van der Waals surface area contributed by atoms with Crippen LogP contribution in [0.1, 0.15) is 53.4 Å². The topological polar surface area (TPSA) is 75.3 Å². The fourth-order valence-corrected chi connectivity index (χ4v) is 1.78. The molecule has 1 unspecified atom stereocenters. The predicted molar refractivity (Wildman–Crippen MR) is 82.1 cm³/mol. The Morgan fingerprint density at radius 1 is 1.23 bits per heavy atom. The second kappa shape index (κ2) is 13.4. The summed E-state index contributed by atoms with van der Waals surface area (Å²) < 4.78 is 0. The smallest absolute Gasteiger partial charge is 0.248 e. The number of carbonyl (C=O) groups excluding carboxylic acids is 3. The van der Waals surface area contributed by atoms with Crippen LogP contribution in [0.4, 0.5) is 0 Å². The molecule has 6 heteroatoms. The first-order chi connectivity index (χ1) is 10.2. The van der Waals surface area contributed by atoms with Crippen molar-refractivity contribution in [1.29, 1.82) is 0 Å². The Hall–Kier alpha value is -1.22. The Labute approximate surface area is 147 Å². The molecule has 0 saturated carbocycles. The van der Waals surface area contributed by atoms with Crippen molar-refractivity contribution >= 4 is 17.7 Å². The SMILES string of the molecule is CC.CC.O=C1CCC(NC(=O)C2=CCCC=[C-]2)C(=O)N1.[W]. The average Bonchev–Trinajstić information content (AvgIpc) is 2.55. The van der Waals surface area contributed by atoms with Gasteiger partial charge in [0.15, 0.2) is 0 Å². The van der Waals surface area contributed by atoms with Crippen LogP contribution in [-0.2, 0) is 35.4 Å². The Balaban J connectivity index is 0. The number of piperidine rings is 1. The van der Waals surface area contributed by atoms with Crippen molar-refractivity contribution in [1.82, 2.24) is 10.6 Å². The van der Waals surface area contributed by atoms with E-state index in [2.05, 4.69) is 16.7 Å². The Bertz CT molecular complexity index is 431. The van der Waals surface area contributed by atoms with E-state index >= 15 is 0 Å². The largest absolute Gasteiger partial charge is 0.394 e. The maximum Gasteiger partial charge on any atom is 0.248 e. The molecular weight excluding hydrogens is 452 g/mol. The molecule has 5 nitrogen and oxygen atoms in total. The van der Waals surface area contributed by atoms with Crippen molar-refractivity contribution in [2.75, 3.05) is 0 Å². The number of carbonyl (C=O) groups is 3. The standard InChI is InChI=1S/C12H13N2O3.2C2H6.W/c15-10-7-6-9(12(17)14-10)13-11(16)8-4-2-1-3-5-8;2*1-2;/h2,5,9H,1,3,6-7H2,(H,13,16)(H,14,15,17);2*1-2H3;/q-1;;;. The molecule has 0 aromatic carbocycles. The average molecular weight is 477 g/mol. The number of allylic oxidation sites excluding steroid dienone is 2. The number of rotatable bonds is 2. The molecule has 2 aliphatic rings. The van der Waals surface area contributed by atoms with Crippen LogP contribution in [0.5, 0.6) is 0 Å². The molecule has 124 valence electrons. The van der Waals surface area contributed by atoms with Crippen LogP contribution in [0.25, 0.3) is 0 Å². The number of nitrogens with one attached hydrogen (secondary N) is 2. The van der Waals surface area contributed by atoms with Gasteiger partial charge in [0.25, 0.3) is 0 Å². The number of hydrogen-bond donors (Lipinski definition) is 2. The quantitative estimate of drug-likeness (QED) is 0.473. The molecule has 0 radical (unpaired) electrons. The summed E-state index contributed by atoms with van der Waals surface area (Å²) in [4.78, 5) is 34.1. The molecular formula is C16H25N2O3W-. The van der Waals surface area contributed by atoms with E-state index in [4.69, 9.17) is 0 Å². The van der Waals surface area contributed by atoms with Crippen LogP contribution in [-0.4, -0.2) is 23.8 Å². The van der Waals surface area contributed by atoms with Gasteiger partial charge in [-0.2, -0.15) is 12.2 Å². The van der Waals surface area contributed by atoms with E-state index in [9.17, 15) is 14.4 Å². The first-order valence-electron chi connectivity index (χ1n) is 7.60. The van der Waals surface area contributed by atoms with Gasteiger partial charge in [-0.15, -0.1) is 11.6 Å². The van der Waals surface area contributed by atoms with Crippen molar-refractivity contribution < 1.29 is 35.4 Å². The summed E-state index contributed by atoms with van der Waals surface area (Å²) in [7, 11) is 0. The molecule has 1 aliphatic carbocycles. The summed E-state index contributed by atoms with van der Waals surface area (Å²) in [6.07, 6.45) is 8.76. The third kappa shape index (κ3) is 7.69. The van der Waals surface area contributed by atoms with Gasteiger partial charge in [0, 0.05) is 27.5 Å². The summed E-state index contributed by atoms with van der Waals surface area (Å²) in [5, 5.41) is 4.80. The zero-order chi connectivity index (χ0) is 16.3. The van der Waals surface area contributed by atoms with E-state index in [-0.39, 0.29) is 39.3 Å². The van der Waals surface area contributed by atoms with E-state index in [1.54, 1.807) is 12.2 Å². The minimum atomic E-state index is -0.621. The van der Waals surface area contributed by atoms with Gasteiger partial charge >= 0.3 is 0 Å². The van der Waals surface area contributed by atoms with Gasteiger partial charge in [-0.1, -0.05) is 40.5 Å². The predicted octanol–water partition coefficient (Wildman–Crippen LogP) is 2.04. The molecule has 2 rings (SSSR count). The summed E-state index contributed by atoms with van der Waals surface area (Å²) in [5.74, 6) is -1.03. The van der Waals surface area contributed by atoms with Gasteiger partial charge < -0.3 is 10.1 Å². The molecule has 0 aromatic rings. The molecule has 1 heterocycles. The molecule has 0 spiro atoms. The zero-order valence-corrected chi connectivity index (χ0v) is 16.6. The monoisotopic (exact) mass is 477 g/mol. The summed E-state index contributed by atoms with van der Waals surface area (Å²) in [5.41, 5.74) is 0.459. The third-order valence-electron chi connectivity index (χ3n) is 2.71. The van der Waals surface area contributed by atoms with Gasteiger partial charge in [-0.3, -0.25) is 14.9 Å². The van der Waals surface area contributed by atoms with Gasteiger partial charge in [0.1, 0.15) is 5.91 Å². The van der Waals surface area contributed by atoms with E-state index in [0.717, 1.165) is 12.8 Å². The molecule has 1 saturated heterocycles. The van der Waals surface area contributed by atoms with Crippen molar-refractivity contribution in [3.05, 3.63) is 23.8 Å². The normalized spacial score (nSPS) is 19.1. The van der Waals surface area contributed by atoms with E-state index in [1.165, 1.54) is 0 Å². The van der Waals surface area contributed by atoms with Crippen LogP contribution in [0.2, 0.25) is 0 Å². The molecule has 0 aromatic heterocycles. The van der Waals surface area contributed by atoms with E-state index < -0.39 is 11.9 Å². The van der Waals surface area contributed by atoms with E-state index in [1.807, 2.05) is 27.7 Å². The Kier molecular flexibility index (Phi) is 14.1. The molecule has 1 atom stereocenters. The van der Waals surface area contributed by atoms with Gasteiger partial charge in [0.05, 0.1) is 6.04 Å². The zero-order valence-electron chi connectivity index (χ0n) is 13.7. The van der Waals surface area contributed by atoms with Gasteiger partial charge in [0.2, 0.25) is 11.8 Å². The minimum Gasteiger partial charge on any atom is -0.394 e. The van der Waals surface area contributed by atoms with Crippen LogP contribution >= 0.6 is 0 Å². The maximum absolute atomic E-state index is 11.8. The van der Waals surface area contributed by atoms with Gasteiger partial charge in [-0.05, 0) is 6.42 Å². The summed E-state index contributed by atoms with van der Waals surface area (Å²) in [6.45, 7) is 8.00. The molecule has 1 aliphatic heterocycles. The third-order valence-corrected chi connectivity index (χ3v) is 2.71. The Morgan fingerprint density at radius 3 is 2.36 bits per heavy atom. The van der Waals surface area contributed by atoms with Crippen molar-refractivity contribution in [2.24, 2.45) is 0 Å². The minimum absolute atomic E-state index is 0. The van der Waals surface area contributed by atoms with Crippen LogP contribution in [0.3, 0.4) is 0 Å². The second-order valence-electron chi connectivity index (χ2n) is 4.02. The van der Waals surface area contributed by atoms with Crippen molar-refractivity contribution in [2.45, 2.75) is 59.4 Å². The summed E-state index contributed by atoms with van der Waals surface area (Å²) in [6, 6.07) is -0.621. The number of hydrogen-bond acceptors (Lipinski definition) is 3. The van der Waals surface area contributed by atoms with Crippen LogP contribution in [0, 0.1) is 6.08 Å². The Morgan fingerprint density at radius 2 is 1.86 bits per heavy atom. The fourth-order valence-electron chi connectivity index (χ4n) is 1.78. The maximum atomic E-state index is 11.8. The first-order valence-corrected chi connectivity index (χ1v) is 7.60. The first kappa shape index (κ1) is 23.1. The molecule has 1 fully saturated rings. The number of amides is 3. The van der Waals surface area contributed by atoms with Crippen molar-refractivity contribution in [3.8, 4) is 0 Å². The molecule has 22 heavy (non-hydrogen) atoms. The molecule has 2 N–H and O–H groups in total. The van der Waals surface area contributed by atoms with Crippen LogP contribution in [0.15, 0.2) is 17.7 Å². The number of imide groups is 1. The van der Waals surface area contributed by atoms with E-state index in [0.29, 0.717) is 12.0 Å². The molecule has 0 bridgehead atoms. The van der Waals surface area contributed by atoms with Crippen molar-refractivity contribution in [3.63, 3.8) is 0 Å². The van der Waals surface area contributed by atoms with Gasteiger partial charge in [-0.25, -0.2) is 0 Å². The second-order valence-corrected chi connectivity index (χ2v) is 4.02. The summed E-state index contributed by atoms with van der Waals surface area (Å²) >= 11 is 0. The fraction of sp³-hybridized carbons (Fsp3) is 0.562. The van der Waals surface area contributed by atoms with Crippen LogP contribution < -0.4 is 10.6 Å². The molecule has 3 amide bonds.